The second-order valence-corrected chi connectivity index (χ2v) is 7.74. The molecular formula is C18H22N2O3S. The summed E-state index contributed by atoms with van der Waals surface area (Å²) in [6.07, 6.45) is 0.211. The zero-order valence-electron chi connectivity index (χ0n) is 13.7. The lowest BCUT2D eigenvalue weighted by Crippen LogP contribution is -2.41. The van der Waals surface area contributed by atoms with E-state index in [-0.39, 0.29) is 11.9 Å². The van der Waals surface area contributed by atoms with Crippen LogP contribution in [0.15, 0.2) is 54.6 Å². The molecule has 0 radical (unpaired) electrons. The number of anilines is 2. The summed E-state index contributed by atoms with van der Waals surface area (Å²) in [5.74, 6) is -0.0312. The van der Waals surface area contributed by atoms with Crippen molar-refractivity contribution >= 4 is 21.4 Å². The van der Waals surface area contributed by atoms with Crippen molar-refractivity contribution in [3.8, 4) is 0 Å². The lowest BCUT2D eigenvalue weighted by atomic mass is 10.2. The molecule has 5 nitrogen and oxygen atoms in total. The molecule has 0 aliphatic carbocycles. The van der Waals surface area contributed by atoms with E-state index in [1.165, 1.54) is 0 Å². The summed E-state index contributed by atoms with van der Waals surface area (Å²) >= 11 is 0. The van der Waals surface area contributed by atoms with E-state index in [1.54, 1.807) is 12.1 Å². The molecular weight excluding hydrogens is 324 g/mol. The van der Waals surface area contributed by atoms with Gasteiger partial charge in [0.15, 0.2) is 0 Å². The standard InChI is InChI=1S/C18H22N2O3S/c1-15-13-20(11-12-23-15)18-9-7-17(8-10-18)19-24(21,22)14-16-5-3-2-4-6-16/h2-10,15,19H,11-14H2,1H3/t15-/m0/s1. The fraction of sp³-hybridized carbons (Fsp3) is 0.333. The first-order chi connectivity index (χ1) is 11.5. The highest BCUT2D eigenvalue weighted by Crippen LogP contribution is 2.21. The van der Waals surface area contributed by atoms with Crippen LogP contribution in [0, 0.1) is 0 Å². The highest BCUT2D eigenvalue weighted by Gasteiger charge is 2.17. The Kier molecular flexibility index (Phi) is 5.06. The molecule has 6 heteroatoms. The molecule has 2 aromatic carbocycles. The Morgan fingerprint density at radius 3 is 2.50 bits per heavy atom. The third kappa shape index (κ3) is 4.49. The summed E-state index contributed by atoms with van der Waals surface area (Å²) in [4.78, 5) is 2.25. The van der Waals surface area contributed by atoms with Crippen molar-refractivity contribution < 1.29 is 13.2 Å². The van der Waals surface area contributed by atoms with Crippen molar-refractivity contribution in [3.05, 3.63) is 60.2 Å². The predicted octanol–water partition coefficient (Wildman–Crippen LogP) is 2.85. The Labute approximate surface area is 143 Å². The highest BCUT2D eigenvalue weighted by molar-refractivity contribution is 7.91. The van der Waals surface area contributed by atoms with E-state index in [9.17, 15) is 8.42 Å². The van der Waals surface area contributed by atoms with Crippen LogP contribution in [0.1, 0.15) is 12.5 Å². The Balaban J connectivity index is 1.65. The first kappa shape index (κ1) is 16.8. The zero-order chi connectivity index (χ0) is 17.0. The van der Waals surface area contributed by atoms with Gasteiger partial charge in [0.2, 0.25) is 10.0 Å². The summed E-state index contributed by atoms with van der Waals surface area (Å²) in [5, 5.41) is 0. The van der Waals surface area contributed by atoms with Gasteiger partial charge < -0.3 is 9.64 Å². The quantitative estimate of drug-likeness (QED) is 0.904. The van der Waals surface area contributed by atoms with Gasteiger partial charge in [-0.25, -0.2) is 8.42 Å². The fourth-order valence-electron chi connectivity index (χ4n) is 2.80. The molecule has 1 saturated heterocycles. The van der Waals surface area contributed by atoms with E-state index >= 15 is 0 Å². The van der Waals surface area contributed by atoms with E-state index in [0.29, 0.717) is 12.3 Å². The Bertz CT molecular complexity index is 761. The highest BCUT2D eigenvalue weighted by atomic mass is 32.2. The van der Waals surface area contributed by atoms with Gasteiger partial charge in [0.1, 0.15) is 0 Å². The van der Waals surface area contributed by atoms with Gasteiger partial charge in [0.05, 0.1) is 18.5 Å². The smallest absolute Gasteiger partial charge is 0.236 e. The van der Waals surface area contributed by atoms with Crippen molar-refractivity contribution in [3.63, 3.8) is 0 Å². The Morgan fingerprint density at radius 1 is 1.12 bits per heavy atom. The molecule has 2 aromatic rings. The van der Waals surface area contributed by atoms with Crippen LogP contribution in [0.3, 0.4) is 0 Å². The molecule has 0 aromatic heterocycles. The molecule has 24 heavy (non-hydrogen) atoms. The molecule has 0 amide bonds. The van der Waals surface area contributed by atoms with Crippen molar-refractivity contribution in [2.45, 2.75) is 18.8 Å². The lowest BCUT2D eigenvalue weighted by Gasteiger charge is -2.33. The van der Waals surface area contributed by atoms with Gasteiger partial charge in [-0.1, -0.05) is 30.3 Å². The van der Waals surface area contributed by atoms with Gasteiger partial charge in [-0.3, -0.25) is 4.72 Å². The minimum Gasteiger partial charge on any atom is -0.375 e. The van der Waals surface area contributed by atoms with Gasteiger partial charge in [-0.15, -0.1) is 0 Å². The third-order valence-corrected chi connectivity index (χ3v) is 5.21. The summed E-state index contributed by atoms with van der Waals surface area (Å²) < 4.78 is 32.7. The Hall–Kier alpha value is -2.05. The average molecular weight is 346 g/mol. The zero-order valence-corrected chi connectivity index (χ0v) is 14.5. The minimum atomic E-state index is -3.42. The van der Waals surface area contributed by atoms with E-state index < -0.39 is 10.0 Å². The Morgan fingerprint density at radius 2 is 1.83 bits per heavy atom. The average Bonchev–Trinajstić information content (AvgIpc) is 2.55. The van der Waals surface area contributed by atoms with E-state index in [1.807, 2.05) is 42.5 Å². The van der Waals surface area contributed by atoms with Crippen LogP contribution in [0.25, 0.3) is 0 Å². The molecule has 128 valence electrons. The number of ether oxygens (including phenoxy) is 1. The van der Waals surface area contributed by atoms with Crippen LogP contribution in [0.4, 0.5) is 11.4 Å². The van der Waals surface area contributed by atoms with Gasteiger partial charge in [-0.05, 0) is 36.8 Å². The summed E-state index contributed by atoms with van der Waals surface area (Å²) in [6.45, 7) is 4.47. The first-order valence-electron chi connectivity index (χ1n) is 8.03. The molecule has 1 N–H and O–H groups in total. The molecule has 1 aliphatic heterocycles. The summed E-state index contributed by atoms with van der Waals surface area (Å²) in [6, 6.07) is 16.7. The maximum absolute atomic E-state index is 12.3. The van der Waals surface area contributed by atoms with Gasteiger partial charge in [0, 0.05) is 24.5 Å². The number of nitrogens with zero attached hydrogens (tertiary/aromatic N) is 1. The van der Waals surface area contributed by atoms with Crippen molar-refractivity contribution in [1.29, 1.82) is 0 Å². The van der Waals surface area contributed by atoms with E-state index in [4.69, 9.17) is 4.74 Å². The largest absolute Gasteiger partial charge is 0.375 e. The van der Waals surface area contributed by atoms with E-state index in [2.05, 4.69) is 16.5 Å². The van der Waals surface area contributed by atoms with Crippen molar-refractivity contribution in [2.24, 2.45) is 0 Å². The van der Waals surface area contributed by atoms with Crippen LogP contribution in [-0.2, 0) is 20.5 Å². The van der Waals surface area contributed by atoms with Crippen LogP contribution < -0.4 is 9.62 Å². The third-order valence-electron chi connectivity index (χ3n) is 3.95. The molecule has 1 fully saturated rings. The molecule has 0 spiro atoms. The minimum absolute atomic E-state index is 0.0312. The first-order valence-corrected chi connectivity index (χ1v) is 9.68. The van der Waals surface area contributed by atoms with Crippen LogP contribution in [-0.4, -0.2) is 34.2 Å². The number of sulfonamides is 1. The molecule has 1 aliphatic rings. The number of rotatable bonds is 5. The monoisotopic (exact) mass is 346 g/mol. The molecule has 0 bridgehead atoms. The van der Waals surface area contributed by atoms with Crippen LogP contribution in [0.5, 0.6) is 0 Å². The second kappa shape index (κ2) is 7.23. The second-order valence-electron chi connectivity index (χ2n) is 6.02. The van der Waals surface area contributed by atoms with Gasteiger partial charge in [0.25, 0.3) is 0 Å². The fourth-order valence-corrected chi connectivity index (χ4v) is 4.00. The SMILES string of the molecule is C[C@H]1CN(c2ccc(NS(=O)(=O)Cc3ccccc3)cc2)CCO1. The van der Waals surface area contributed by atoms with Gasteiger partial charge in [-0.2, -0.15) is 0 Å². The van der Waals surface area contributed by atoms with Crippen LogP contribution in [0.2, 0.25) is 0 Å². The molecule has 3 rings (SSSR count). The van der Waals surface area contributed by atoms with Crippen LogP contribution >= 0.6 is 0 Å². The number of hydrogen-bond donors (Lipinski definition) is 1. The topological polar surface area (TPSA) is 58.6 Å². The predicted molar refractivity (Wildman–Crippen MR) is 96.8 cm³/mol. The number of hydrogen-bond acceptors (Lipinski definition) is 4. The van der Waals surface area contributed by atoms with Gasteiger partial charge >= 0.3 is 0 Å². The van der Waals surface area contributed by atoms with Crippen molar-refractivity contribution in [2.75, 3.05) is 29.3 Å². The number of benzene rings is 2. The maximum atomic E-state index is 12.3. The normalized spacial score (nSPS) is 18.4. The maximum Gasteiger partial charge on any atom is 0.236 e. The number of nitrogens with one attached hydrogen (secondary N) is 1. The van der Waals surface area contributed by atoms with E-state index in [0.717, 1.165) is 24.3 Å². The molecule has 1 atom stereocenters. The summed E-state index contributed by atoms with van der Waals surface area (Å²) in [5.41, 5.74) is 2.43. The van der Waals surface area contributed by atoms with Crippen molar-refractivity contribution in [1.82, 2.24) is 0 Å². The number of morpholine rings is 1. The molecule has 1 heterocycles. The lowest BCUT2D eigenvalue weighted by molar-refractivity contribution is 0.0532. The summed E-state index contributed by atoms with van der Waals surface area (Å²) in [7, 11) is -3.42. The molecule has 0 unspecified atom stereocenters. The molecule has 0 saturated carbocycles.